The zero-order chi connectivity index (χ0) is 20.1. The van der Waals surface area contributed by atoms with Gasteiger partial charge in [-0.15, -0.1) is 0 Å². The van der Waals surface area contributed by atoms with Crippen LogP contribution in [0.3, 0.4) is 0 Å². The van der Waals surface area contributed by atoms with Gasteiger partial charge in [0.2, 0.25) is 6.29 Å². The summed E-state index contributed by atoms with van der Waals surface area (Å²) in [6.45, 7) is 1.19. The molecule has 2 atom stereocenters. The number of hydrogen-bond acceptors (Lipinski definition) is 6. The smallest absolute Gasteiger partial charge is 0.200 e. The molecule has 28 heavy (non-hydrogen) atoms. The molecule has 152 valence electrons. The van der Waals surface area contributed by atoms with Gasteiger partial charge in [-0.05, 0) is 36.7 Å². The molecule has 0 aliphatic carbocycles. The van der Waals surface area contributed by atoms with Crippen molar-refractivity contribution >= 4 is 5.69 Å². The molecule has 0 bridgehead atoms. The summed E-state index contributed by atoms with van der Waals surface area (Å²) in [7, 11) is 7.34. The van der Waals surface area contributed by atoms with Crippen molar-refractivity contribution in [3.63, 3.8) is 0 Å². The van der Waals surface area contributed by atoms with Crippen LogP contribution in [0.1, 0.15) is 29.9 Å². The average Bonchev–Trinajstić information content (AvgIpc) is 2.72. The topological polar surface area (TPSA) is 66.2 Å². The summed E-state index contributed by atoms with van der Waals surface area (Å²) in [4.78, 5) is 2.06. The van der Waals surface area contributed by atoms with Gasteiger partial charge < -0.3 is 29.6 Å². The molecular formula is C22H30N2O4. The second kappa shape index (κ2) is 9.17. The normalized spacial score (nSPS) is 18.2. The Kier molecular flexibility index (Phi) is 6.65. The quantitative estimate of drug-likeness (QED) is 0.702. The van der Waals surface area contributed by atoms with Crippen LogP contribution in [0, 0.1) is 0 Å². The Morgan fingerprint density at radius 2 is 1.86 bits per heavy atom. The highest BCUT2D eigenvalue weighted by Gasteiger charge is 2.31. The fourth-order valence-corrected chi connectivity index (χ4v) is 3.49. The molecule has 2 aromatic rings. The molecule has 0 aromatic heterocycles. The molecule has 0 spiro atoms. The van der Waals surface area contributed by atoms with Gasteiger partial charge in [-0.25, -0.2) is 0 Å². The SMILES string of the molecule is COc1ccc(C2CC(OCCCN)Oc3cc(N(C)C)ccc32)cc1OC. The van der Waals surface area contributed by atoms with Gasteiger partial charge in [-0.2, -0.15) is 0 Å². The predicted octanol–water partition coefficient (Wildman–Crippen LogP) is 3.38. The number of ether oxygens (including phenoxy) is 4. The molecule has 3 rings (SSSR count). The minimum absolute atomic E-state index is 0.141. The lowest BCUT2D eigenvalue weighted by Gasteiger charge is -2.33. The molecule has 0 radical (unpaired) electrons. The van der Waals surface area contributed by atoms with E-state index in [0.717, 1.165) is 46.9 Å². The Hall–Kier alpha value is -2.44. The summed E-state index contributed by atoms with van der Waals surface area (Å²) in [5.41, 5.74) is 8.98. The number of nitrogens with zero attached hydrogens (tertiary/aromatic N) is 1. The third kappa shape index (κ3) is 4.34. The Morgan fingerprint density at radius 3 is 2.54 bits per heavy atom. The molecule has 0 fully saturated rings. The number of nitrogens with two attached hydrogens (primary N) is 1. The fraction of sp³-hybridized carbons (Fsp3) is 0.455. The first-order valence-corrected chi connectivity index (χ1v) is 9.59. The van der Waals surface area contributed by atoms with Crippen LogP contribution in [0.5, 0.6) is 17.2 Å². The van der Waals surface area contributed by atoms with Crippen LogP contribution in [0.4, 0.5) is 5.69 Å². The Bertz CT molecular complexity index is 794. The monoisotopic (exact) mass is 386 g/mol. The maximum Gasteiger partial charge on any atom is 0.200 e. The van der Waals surface area contributed by atoms with E-state index < -0.39 is 0 Å². The van der Waals surface area contributed by atoms with Crippen LogP contribution in [-0.4, -0.2) is 47.8 Å². The van der Waals surface area contributed by atoms with Gasteiger partial charge in [0.15, 0.2) is 11.5 Å². The highest BCUT2D eigenvalue weighted by molar-refractivity contribution is 5.57. The highest BCUT2D eigenvalue weighted by atomic mass is 16.7. The minimum atomic E-state index is -0.311. The summed E-state index contributed by atoms with van der Waals surface area (Å²) in [6, 6.07) is 12.4. The number of benzene rings is 2. The summed E-state index contributed by atoms with van der Waals surface area (Å²) in [6.07, 6.45) is 1.23. The Labute approximate surface area is 167 Å². The van der Waals surface area contributed by atoms with Crippen LogP contribution in [-0.2, 0) is 4.74 Å². The molecule has 1 aliphatic heterocycles. The number of fused-ring (bicyclic) bond motifs is 1. The van der Waals surface area contributed by atoms with Crippen molar-refractivity contribution < 1.29 is 18.9 Å². The van der Waals surface area contributed by atoms with Crippen LogP contribution in [0.2, 0.25) is 0 Å². The first-order valence-electron chi connectivity index (χ1n) is 9.59. The maximum atomic E-state index is 6.18. The van der Waals surface area contributed by atoms with E-state index in [9.17, 15) is 0 Å². The van der Waals surface area contributed by atoms with Crippen LogP contribution in [0.15, 0.2) is 36.4 Å². The largest absolute Gasteiger partial charge is 0.493 e. The highest BCUT2D eigenvalue weighted by Crippen LogP contribution is 2.44. The number of rotatable bonds is 8. The molecule has 6 nitrogen and oxygen atoms in total. The average molecular weight is 386 g/mol. The fourth-order valence-electron chi connectivity index (χ4n) is 3.49. The zero-order valence-corrected chi connectivity index (χ0v) is 17.1. The molecule has 2 N–H and O–H groups in total. The molecule has 1 heterocycles. The van der Waals surface area contributed by atoms with Crippen molar-refractivity contribution in [1.82, 2.24) is 0 Å². The Morgan fingerprint density at radius 1 is 1.07 bits per heavy atom. The molecular weight excluding hydrogens is 356 g/mol. The Balaban J connectivity index is 1.97. The third-order valence-corrected chi connectivity index (χ3v) is 5.04. The van der Waals surface area contributed by atoms with E-state index in [1.807, 2.05) is 26.2 Å². The van der Waals surface area contributed by atoms with Crippen LogP contribution in [0.25, 0.3) is 0 Å². The van der Waals surface area contributed by atoms with Gasteiger partial charge in [0.05, 0.1) is 20.8 Å². The summed E-state index contributed by atoms with van der Waals surface area (Å²) < 4.78 is 23.0. The lowest BCUT2D eigenvalue weighted by molar-refractivity contribution is -0.0939. The van der Waals surface area contributed by atoms with Crippen molar-refractivity contribution in [2.45, 2.75) is 25.0 Å². The van der Waals surface area contributed by atoms with Crippen molar-refractivity contribution in [1.29, 1.82) is 0 Å². The van der Waals surface area contributed by atoms with Crippen LogP contribution >= 0.6 is 0 Å². The number of methoxy groups -OCH3 is 2. The summed E-state index contributed by atoms with van der Waals surface area (Å²) in [5.74, 6) is 2.44. The lowest BCUT2D eigenvalue weighted by atomic mass is 9.85. The lowest BCUT2D eigenvalue weighted by Crippen LogP contribution is -2.29. The van der Waals surface area contributed by atoms with E-state index in [1.54, 1.807) is 14.2 Å². The van der Waals surface area contributed by atoms with Gasteiger partial charge in [-0.1, -0.05) is 12.1 Å². The molecule has 1 aliphatic rings. The van der Waals surface area contributed by atoms with Crippen molar-refractivity contribution in [2.24, 2.45) is 5.73 Å². The standard InChI is InChI=1S/C22H30N2O4/c1-24(2)16-7-8-17-18(15-6-9-19(25-3)21(12-15)26-4)14-22(27-11-5-10-23)28-20(17)13-16/h6-9,12-13,18,22H,5,10-11,14,23H2,1-4H3. The molecule has 0 amide bonds. The third-order valence-electron chi connectivity index (χ3n) is 5.04. The molecule has 2 aromatic carbocycles. The zero-order valence-electron chi connectivity index (χ0n) is 17.1. The number of hydrogen-bond donors (Lipinski definition) is 1. The van der Waals surface area contributed by atoms with E-state index in [2.05, 4.69) is 29.2 Å². The van der Waals surface area contributed by atoms with Gasteiger partial charge in [0.25, 0.3) is 0 Å². The van der Waals surface area contributed by atoms with Gasteiger partial charge in [0.1, 0.15) is 5.75 Å². The summed E-state index contributed by atoms with van der Waals surface area (Å²) >= 11 is 0. The second-order valence-electron chi connectivity index (χ2n) is 7.08. The summed E-state index contributed by atoms with van der Waals surface area (Å²) in [5, 5.41) is 0. The maximum absolute atomic E-state index is 6.18. The van der Waals surface area contributed by atoms with E-state index in [4.69, 9.17) is 24.7 Å². The van der Waals surface area contributed by atoms with E-state index >= 15 is 0 Å². The van der Waals surface area contributed by atoms with Gasteiger partial charge in [0, 0.05) is 43.8 Å². The molecule has 0 saturated heterocycles. The second-order valence-corrected chi connectivity index (χ2v) is 7.08. The minimum Gasteiger partial charge on any atom is -0.493 e. The van der Waals surface area contributed by atoms with Gasteiger partial charge >= 0.3 is 0 Å². The van der Waals surface area contributed by atoms with Gasteiger partial charge in [-0.3, -0.25) is 0 Å². The van der Waals surface area contributed by atoms with E-state index in [-0.39, 0.29) is 12.2 Å². The predicted molar refractivity (Wildman–Crippen MR) is 111 cm³/mol. The molecule has 0 saturated carbocycles. The van der Waals surface area contributed by atoms with E-state index in [1.165, 1.54) is 0 Å². The van der Waals surface area contributed by atoms with Crippen LogP contribution < -0.4 is 24.8 Å². The van der Waals surface area contributed by atoms with E-state index in [0.29, 0.717) is 13.2 Å². The first kappa shape index (κ1) is 20.3. The first-order chi connectivity index (χ1) is 13.6. The van der Waals surface area contributed by atoms with Crippen molar-refractivity contribution in [3.05, 3.63) is 47.5 Å². The molecule has 6 heteroatoms. The molecule has 2 unspecified atom stereocenters. The van der Waals surface area contributed by atoms with Crippen molar-refractivity contribution in [3.8, 4) is 17.2 Å². The number of anilines is 1. The van der Waals surface area contributed by atoms with Crippen molar-refractivity contribution in [2.75, 3.05) is 46.4 Å².